The second-order valence-corrected chi connectivity index (χ2v) is 6.25. The van der Waals surface area contributed by atoms with Gasteiger partial charge in [0, 0.05) is 18.3 Å². The van der Waals surface area contributed by atoms with Crippen molar-refractivity contribution in [2.75, 3.05) is 5.75 Å². The molecular formula is C17H21N3O2S. The van der Waals surface area contributed by atoms with Crippen LogP contribution in [0.25, 0.3) is 0 Å². The minimum atomic E-state index is -0.175. The van der Waals surface area contributed by atoms with Gasteiger partial charge in [-0.2, -0.15) is 0 Å². The van der Waals surface area contributed by atoms with Crippen molar-refractivity contribution in [2.24, 2.45) is 0 Å². The van der Waals surface area contributed by atoms with Gasteiger partial charge >= 0.3 is 0 Å². The van der Waals surface area contributed by atoms with Crippen LogP contribution in [-0.2, 0) is 17.8 Å². The molecule has 0 aliphatic rings. The molecule has 0 atom stereocenters. The number of hydrogen-bond acceptors (Lipinski definition) is 4. The van der Waals surface area contributed by atoms with Crippen LogP contribution < -0.4 is 10.9 Å². The monoisotopic (exact) mass is 331 g/mol. The van der Waals surface area contributed by atoms with Crippen molar-refractivity contribution in [2.45, 2.75) is 38.4 Å². The van der Waals surface area contributed by atoms with E-state index in [1.165, 1.54) is 17.8 Å². The highest BCUT2D eigenvalue weighted by atomic mass is 32.2. The van der Waals surface area contributed by atoms with Gasteiger partial charge in [0.25, 0.3) is 5.56 Å². The molecule has 0 unspecified atom stereocenters. The number of nitrogens with one attached hydrogen (secondary N) is 2. The smallest absolute Gasteiger partial charge is 0.251 e. The highest BCUT2D eigenvalue weighted by molar-refractivity contribution is 7.99. The summed E-state index contributed by atoms with van der Waals surface area (Å²) in [6.07, 6.45) is 1.69. The molecule has 0 saturated carbocycles. The molecule has 0 spiro atoms. The number of amides is 1. The predicted molar refractivity (Wildman–Crippen MR) is 92.6 cm³/mol. The normalized spacial score (nSPS) is 10.5. The van der Waals surface area contributed by atoms with E-state index in [1.807, 2.05) is 38.1 Å². The van der Waals surface area contributed by atoms with E-state index in [4.69, 9.17) is 0 Å². The maximum absolute atomic E-state index is 11.9. The molecule has 2 aromatic rings. The molecule has 1 heterocycles. The van der Waals surface area contributed by atoms with Gasteiger partial charge in [0.1, 0.15) is 0 Å². The van der Waals surface area contributed by atoms with E-state index in [9.17, 15) is 9.59 Å². The first-order chi connectivity index (χ1) is 11.1. The quantitative estimate of drug-likeness (QED) is 0.604. The molecular weight excluding hydrogens is 310 g/mol. The summed E-state index contributed by atoms with van der Waals surface area (Å²) in [5, 5.41) is 3.38. The molecule has 1 amide bonds. The summed E-state index contributed by atoms with van der Waals surface area (Å²) in [5.41, 5.74) is 2.84. The van der Waals surface area contributed by atoms with Crippen LogP contribution in [0.3, 0.4) is 0 Å². The number of thioether (sulfide) groups is 1. The Kier molecular flexibility index (Phi) is 6.40. The standard InChI is InChI=1S/C17H21N3O2S/c1-3-6-14-9-15(21)20-17(19-14)23-11-16(22)18-10-13-8-5-4-7-12(13)2/h4-5,7-9H,3,6,10-11H2,1-2H3,(H,18,22)(H,19,20,21). The molecule has 2 rings (SSSR count). The summed E-state index contributed by atoms with van der Waals surface area (Å²) in [6, 6.07) is 9.45. The minimum absolute atomic E-state index is 0.0817. The van der Waals surface area contributed by atoms with E-state index in [1.54, 1.807) is 0 Å². The maximum Gasteiger partial charge on any atom is 0.251 e. The molecule has 0 aliphatic carbocycles. The average molecular weight is 331 g/mol. The fourth-order valence-electron chi connectivity index (χ4n) is 2.12. The van der Waals surface area contributed by atoms with Crippen molar-refractivity contribution >= 4 is 17.7 Å². The first kappa shape index (κ1) is 17.3. The third-order valence-corrected chi connectivity index (χ3v) is 4.23. The zero-order chi connectivity index (χ0) is 16.7. The molecule has 6 heteroatoms. The number of aryl methyl sites for hydroxylation is 2. The van der Waals surface area contributed by atoms with Crippen molar-refractivity contribution < 1.29 is 4.79 Å². The average Bonchev–Trinajstić information content (AvgIpc) is 2.52. The SMILES string of the molecule is CCCc1cc(=O)[nH]c(SCC(=O)NCc2ccccc2C)n1. The lowest BCUT2D eigenvalue weighted by Crippen LogP contribution is -2.25. The van der Waals surface area contributed by atoms with E-state index in [2.05, 4.69) is 15.3 Å². The Morgan fingerprint density at radius 3 is 2.87 bits per heavy atom. The van der Waals surface area contributed by atoms with Gasteiger partial charge in [0.05, 0.1) is 5.75 Å². The van der Waals surface area contributed by atoms with Crippen molar-refractivity contribution in [3.63, 3.8) is 0 Å². The molecule has 2 N–H and O–H groups in total. The number of rotatable bonds is 7. The Morgan fingerprint density at radius 2 is 2.13 bits per heavy atom. The largest absolute Gasteiger partial charge is 0.351 e. The second kappa shape index (κ2) is 8.53. The Bertz CT molecular complexity index is 728. The molecule has 0 saturated heterocycles. The Morgan fingerprint density at radius 1 is 1.35 bits per heavy atom. The zero-order valence-electron chi connectivity index (χ0n) is 13.4. The molecule has 0 bridgehead atoms. The Balaban J connectivity index is 1.87. The van der Waals surface area contributed by atoms with E-state index in [0.717, 1.165) is 29.7 Å². The van der Waals surface area contributed by atoms with Gasteiger partial charge < -0.3 is 10.3 Å². The van der Waals surface area contributed by atoms with Crippen LogP contribution in [0.15, 0.2) is 40.3 Å². The van der Waals surface area contributed by atoms with E-state index in [0.29, 0.717) is 11.7 Å². The molecule has 1 aromatic heterocycles. The first-order valence-corrected chi connectivity index (χ1v) is 8.61. The fraction of sp³-hybridized carbons (Fsp3) is 0.353. The molecule has 0 radical (unpaired) electrons. The van der Waals surface area contributed by atoms with Crippen molar-refractivity contribution in [3.8, 4) is 0 Å². The fourth-order valence-corrected chi connectivity index (χ4v) is 2.85. The highest BCUT2D eigenvalue weighted by Gasteiger charge is 2.07. The summed E-state index contributed by atoms with van der Waals surface area (Å²) in [7, 11) is 0. The number of nitrogens with zero attached hydrogens (tertiary/aromatic N) is 1. The van der Waals surface area contributed by atoms with Gasteiger partial charge in [-0.1, -0.05) is 49.4 Å². The summed E-state index contributed by atoms with van der Waals surface area (Å²) in [4.78, 5) is 30.5. The number of H-pyrrole nitrogens is 1. The van der Waals surface area contributed by atoms with Crippen molar-refractivity contribution in [1.82, 2.24) is 15.3 Å². The number of carbonyl (C=O) groups excluding carboxylic acids is 1. The van der Waals surface area contributed by atoms with E-state index >= 15 is 0 Å². The van der Waals surface area contributed by atoms with Gasteiger partial charge in [-0.15, -0.1) is 0 Å². The van der Waals surface area contributed by atoms with Crippen molar-refractivity contribution in [3.05, 3.63) is 57.5 Å². The van der Waals surface area contributed by atoms with Crippen molar-refractivity contribution in [1.29, 1.82) is 0 Å². The third kappa shape index (κ3) is 5.56. The molecule has 5 nitrogen and oxygen atoms in total. The molecule has 0 fully saturated rings. The summed E-state index contributed by atoms with van der Waals surface area (Å²) < 4.78 is 0. The molecule has 23 heavy (non-hydrogen) atoms. The van der Waals surface area contributed by atoms with Crippen LogP contribution in [0.5, 0.6) is 0 Å². The molecule has 1 aromatic carbocycles. The predicted octanol–water partition coefficient (Wildman–Crippen LogP) is 2.44. The number of aromatic amines is 1. The number of hydrogen-bond donors (Lipinski definition) is 2. The number of aromatic nitrogens is 2. The zero-order valence-corrected chi connectivity index (χ0v) is 14.2. The van der Waals surface area contributed by atoms with Crippen LogP contribution in [0, 0.1) is 6.92 Å². The lowest BCUT2D eigenvalue weighted by atomic mass is 10.1. The van der Waals surface area contributed by atoms with Crippen LogP contribution in [0.4, 0.5) is 0 Å². The number of carbonyl (C=O) groups is 1. The topological polar surface area (TPSA) is 74.8 Å². The first-order valence-electron chi connectivity index (χ1n) is 7.62. The van der Waals surface area contributed by atoms with Gasteiger partial charge in [0.15, 0.2) is 5.16 Å². The Hall–Kier alpha value is -2.08. The van der Waals surface area contributed by atoms with Gasteiger partial charge in [-0.25, -0.2) is 4.98 Å². The Labute approximate surface area is 139 Å². The summed E-state index contributed by atoms with van der Waals surface area (Å²) >= 11 is 1.24. The van der Waals surface area contributed by atoms with Gasteiger partial charge in [-0.05, 0) is 24.5 Å². The lowest BCUT2D eigenvalue weighted by Gasteiger charge is -2.08. The summed E-state index contributed by atoms with van der Waals surface area (Å²) in [5.74, 6) is 0.145. The van der Waals surface area contributed by atoms with Crippen LogP contribution in [-0.4, -0.2) is 21.6 Å². The number of benzene rings is 1. The van der Waals surface area contributed by atoms with Crippen LogP contribution in [0.2, 0.25) is 0 Å². The van der Waals surface area contributed by atoms with Gasteiger partial charge in [0.2, 0.25) is 5.91 Å². The van der Waals surface area contributed by atoms with E-state index in [-0.39, 0.29) is 17.2 Å². The minimum Gasteiger partial charge on any atom is -0.351 e. The lowest BCUT2D eigenvalue weighted by molar-refractivity contribution is -0.118. The van der Waals surface area contributed by atoms with E-state index < -0.39 is 0 Å². The molecule has 0 aliphatic heterocycles. The maximum atomic E-state index is 11.9. The van der Waals surface area contributed by atoms with Crippen LogP contribution >= 0.6 is 11.8 Å². The second-order valence-electron chi connectivity index (χ2n) is 5.28. The third-order valence-electron chi connectivity index (χ3n) is 3.36. The van der Waals surface area contributed by atoms with Gasteiger partial charge in [-0.3, -0.25) is 9.59 Å². The summed E-state index contributed by atoms with van der Waals surface area (Å²) in [6.45, 7) is 4.56. The molecule has 122 valence electrons. The highest BCUT2D eigenvalue weighted by Crippen LogP contribution is 2.12. The van der Waals surface area contributed by atoms with Crippen LogP contribution in [0.1, 0.15) is 30.2 Å².